The number of benzene rings is 2. The summed E-state index contributed by atoms with van der Waals surface area (Å²) < 4.78 is 16.9. The summed E-state index contributed by atoms with van der Waals surface area (Å²) in [7, 11) is 1.63. The van der Waals surface area contributed by atoms with Crippen LogP contribution in [0, 0.1) is 13.8 Å². The predicted molar refractivity (Wildman–Crippen MR) is 143 cm³/mol. The molecule has 1 aliphatic rings. The van der Waals surface area contributed by atoms with E-state index in [9.17, 15) is 9.59 Å². The zero-order valence-electron chi connectivity index (χ0n) is 21.5. The number of amides is 2. The van der Waals surface area contributed by atoms with Gasteiger partial charge in [-0.05, 0) is 50.1 Å². The summed E-state index contributed by atoms with van der Waals surface area (Å²) in [4.78, 5) is 29.2. The maximum atomic E-state index is 13.2. The van der Waals surface area contributed by atoms with E-state index in [0.717, 1.165) is 38.8 Å². The van der Waals surface area contributed by atoms with Gasteiger partial charge in [0.15, 0.2) is 5.76 Å². The maximum absolute atomic E-state index is 13.2. The summed E-state index contributed by atoms with van der Waals surface area (Å²) in [6, 6.07) is 13.7. The first-order valence-electron chi connectivity index (χ1n) is 12.3. The molecule has 1 fully saturated rings. The summed E-state index contributed by atoms with van der Waals surface area (Å²) in [6.45, 7) is 7.79. The highest BCUT2D eigenvalue weighted by Gasteiger charge is 2.26. The number of allylic oxidation sites excluding steroid dienone is 1. The molecule has 0 N–H and O–H groups in total. The summed E-state index contributed by atoms with van der Waals surface area (Å²) >= 11 is 0. The number of carbonyl (C=O) groups excluding carboxylic acids is 2. The van der Waals surface area contributed by atoms with Gasteiger partial charge in [-0.3, -0.25) is 9.59 Å². The van der Waals surface area contributed by atoms with E-state index in [0.29, 0.717) is 37.7 Å². The monoisotopic (exact) mass is 498 g/mol. The first-order valence-corrected chi connectivity index (χ1v) is 12.3. The lowest BCUT2D eigenvalue weighted by Gasteiger charge is -2.33. The van der Waals surface area contributed by atoms with Crippen LogP contribution in [-0.2, 0) is 4.79 Å². The third kappa shape index (κ3) is 4.65. The Hall–Kier alpha value is -4.26. The lowest BCUT2D eigenvalue weighted by molar-refractivity contribution is -0.127. The Bertz CT molecular complexity index is 1470. The average molecular weight is 499 g/mol. The zero-order chi connectivity index (χ0) is 26.1. The van der Waals surface area contributed by atoms with Gasteiger partial charge >= 0.3 is 0 Å². The number of carbonyl (C=O) groups is 2. The van der Waals surface area contributed by atoms with Crippen molar-refractivity contribution in [3.63, 3.8) is 0 Å². The van der Waals surface area contributed by atoms with Gasteiger partial charge in [0.05, 0.1) is 19.6 Å². The molecule has 0 radical (unpaired) electrons. The van der Waals surface area contributed by atoms with Crippen molar-refractivity contribution < 1.29 is 23.2 Å². The summed E-state index contributed by atoms with van der Waals surface area (Å²) in [5, 5.41) is 0.974. The van der Waals surface area contributed by atoms with E-state index in [1.54, 1.807) is 41.4 Å². The Balaban J connectivity index is 1.40. The molecule has 0 saturated carbocycles. The topological polar surface area (TPSA) is 76.1 Å². The Morgan fingerprint density at radius 1 is 0.973 bits per heavy atom. The van der Waals surface area contributed by atoms with Crippen LogP contribution in [0.2, 0.25) is 0 Å². The fourth-order valence-electron chi connectivity index (χ4n) is 4.87. The minimum absolute atomic E-state index is 0.0895. The van der Waals surface area contributed by atoms with Crippen LogP contribution in [0.5, 0.6) is 5.75 Å². The van der Waals surface area contributed by atoms with Crippen molar-refractivity contribution in [3.8, 4) is 16.9 Å². The van der Waals surface area contributed by atoms with Gasteiger partial charge in [0.1, 0.15) is 11.3 Å². The second-order valence-corrected chi connectivity index (χ2v) is 9.40. The molecule has 0 atom stereocenters. The standard InChI is InChI=1S/C30H30N2O5/c1-19-7-9-22(10-8-19)25-18-37-29-21(3)28(35-4)23(17-24(25)29)20(2)16-27(33)31-11-13-32(14-12-31)30(34)26-6-5-15-36-26/h5-10,15-18H,11-14H2,1-4H3/b20-16+. The molecule has 3 heterocycles. The molecule has 7 heteroatoms. The van der Waals surface area contributed by atoms with Crippen molar-refractivity contribution >= 4 is 28.4 Å². The largest absolute Gasteiger partial charge is 0.496 e. The molecule has 0 bridgehead atoms. The van der Waals surface area contributed by atoms with E-state index in [2.05, 4.69) is 31.2 Å². The van der Waals surface area contributed by atoms with E-state index in [1.807, 2.05) is 19.9 Å². The average Bonchev–Trinajstić information content (AvgIpc) is 3.59. The van der Waals surface area contributed by atoms with Crippen molar-refractivity contribution in [2.45, 2.75) is 20.8 Å². The van der Waals surface area contributed by atoms with Crippen molar-refractivity contribution in [2.24, 2.45) is 0 Å². The molecule has 4 aromatic rings. The van der Waals surface area contributed by atoms with Crippen LogP contribution in [0.1, 0.15) is 34.2 Å². The number of hydrogen-bond donors (Lipinski definition) is 0. The molecule has 2 amide bonds. The van der Waals surface area contributed by atoms with Gasteiger partial charge in [0.25, 0.3) is 5.91 Å². The highest BCUT2D eigenvalue weighted by Crippen LogP contribution is 2.40. The lowest BCUT2D eigenvalue weighted by atomic mass is 9.96. The van der Waals surface area contributed by atoms with Crippen molar-refractivity contribution in [1.29, 1.82) is 0 Å². The Morgan fingerprint density at radius 3 is 2.32 bits per heavy atom. The van der Waals surface area contributed by atoms with E-state index in [1.165, 1.54) is 11.8 Å². The van der Waals surface area contributed by atoms with Crippen LogP contribution in [0.25, 0.3) is 27.7 Å². The van der Waals surface area contributed by atoms with Gasteiger partial charge in [-0.15, -0.1) is 0 Å². The van der Waals surface area contributed by atoms with E-state index >= 15 is 0 Å². The normalized spacial score (nSPS) is 14.3. The highest BCUT2D eigenvalue weighted by atomic mass is 16.5. The molecule has 2 aromatic heterocycles. The highest BCUT2D eigenvalue weighted by molar-refractivity contribution is 6.02. The fraction of sp³-hybridized carbons (Fsp3) is 0.267. The SMILES string of the molecule is COc1c(/C(C)=C/C(=O)N2CCN(C(=O)c3ccco3)CC2)cc2c(-c3ccc(C)cc3)coc2c1C. The first kappa shape index (κ1) is 24.4. The van der Waals surface area contributed by atoms with Gasteiger partial charge in [0.2, 0.25) is 5.91 Å². The first-order chi connectivity index (χ1) is 17.9. The van der Waals surface area contributed by atoms with Gasteiger partial charge in [-0.2, -0.15) is 0 Å². The smallest absolute Gasteiger partial charge is 0.289 e. The summed E-state index contributed by atoms with van der Waals surface area (Å²) in [6.07, 6.45) is 4.92. The van der Waals surface area contributed by atoms with Crippen LogP contribution < -0.4 is 4.74 Å². The summed E-state index contributed by atoms with van der Waals surface area (Å²) in [5.41, 5.74) is 6.57. The summed E-state index contributed by atoms with van der Waals surface area (Å²) in [5.74, 6) is 0.764. The predicted octanol–water partition coefficient (Wildman–Crippen LogP) is 5.71. The second-order valence-electron chi connectivity index (χ2n) is 9.40. The molecule has 0 unspecified atom stereocenters. The van der Waals surface area contributed by atoms with E-state index in [-0.39, 0.29) is 11.8 Å². The van der Waals surface area contributed by atoms with Crippen molar-refractivity contribution in [2.75, 3.05) is 33.3 Å². The zero-order valence-corrected chi connectivity index (χ0v) is 21.5. The second kappa shape index (κ2) is 10.0. The molecule has 1 saturated heterocycles. The molecule has 190 valence electrons. The number of rotatable bonds is 5. The molecular weight excluding hydrogens is 468 g/mol. The number of ether oxygens (including phenoxy) is 1. The molecule has 37 heavy (non-hydrogen) atoms. The Kier molecular flexibility index (Phi) is 6.61. The number of nitrogens with zero attached hydrogens (tertiary/aromatic N) is 2. The lowest BCUT2D eigenvalue weighted by Crippen LogP contribution is -2.50. The minimum Gasteiger partial charge on any atom is -0.496 e. The van der Waals surface area contributed by atoms with Gasteiger partial charge < -0.3 is 23.4 Å². The van der Waals surface area contributed by atoms with Crippen LogP contribution in [0.3, 0.4) is 0 Å². The third-order valence-electron chi connectivity index (χ3n) is 6.99. The molecule has 2 aromatic carbocycles. The van der Waals surface area contributed by atoms with Crippen LogP contribution >= 0.6 is 0 Å². The van der Waals surface area contributed by atoms with Crippen molar-refractivity contribution in [3.05, 3.63) is 83.5 Å². The number of methoxy groups -OCH3 is 1. The molecule has 1 aliphatic heterocycles. The fourth-order valence-corrected chi connectivity index (χ4v) is 4.87. The minimum atomic E-state index is -0.151. The van der Waals surface area contributed by atoms with Gasteiger partial charge in [-0.25, -0.2) is 0 Å². The van der Waals surface area contributed by atoms with Gasteiger partial charge in [-0.1, -0.05) is 29.8 Å². The van der Waals surface area contributed by atoms with Gasteiger partial charge in [0, 0.05) is 54.3 Å². The van der Waals surface area contributed by atoms with Crippen molar-refractivity contribution in [1.82, 2.24) is 9.80 Å². The van der Waals surface area contributed by atoms with Crippen LogP contribution in [-0.4, -0.2) is 54.9 Å². The number of hydrogen-bond acceptors (Lipinski definition) is 5. The quantitative estimate of drug-likeness (QED) is 0.330. The molecule has 5 rings (SSSR count). The van der Waals surface area contributed by atoms with Crippen LogP contribution in [0.4, 0.5) is 0 Å². The number of piperazine rings is 1. The van der Waals surface area contributed by atoms with Crippen LogP contribution in [0.15, 0.2) is 69.9 Å². The maximum Gasteiger partial charge on any atom is 0.289 e. The number of furan rings is 2. The molecule has 0 spiro atoms. The molecular formula is C30H30N2O5. The third-order valence-corrected chi connectivity index (χ3v) is 6.99. The molecule has 7 nitrogen and oxygen atoms in total. The number of fused-ring (bicyclic) bond motifs is 1. The number of aryl methyl sites for hydroxylation is 2. The van der Waals surface area contributed by atoms with E-state index < -0.39 is 0 Å². The Morgan fingerprint density at radius 2 is 1.68 bits per heavy atom. The van der Waals surface area contributed by atoms with E-state index in [4.69, 9.17) is 13.6 Å². The Labute approximate surface area is 215 Å². The molecule has 0 aliphatic carbocycles.